The Labute approximate surface area is 115 Å². The van der Waals surface area contributed by atoms with Gasteiger partial charge in [-0.05, 0) is 39.2 Å². The first-order valence-electron chi connectivity index (χ1n) is 7.38. The maximum Gasteiger partial charge on any atom is 0.138 e. The third-order valence-electron chi connectivity index (χ3n) is 4.23. The van der Waals surface area contributed by atoms with Crippen molar-refractivity contribution >= 4 is 0 Å². The Morgan fingerprint density at radius 3 is 2.79 bits per heavy atom. The lowest BCUT2D eigenvalue weighted by molar-refractivity contribution is -0.0834. The van der Waals surface area contributed by atoms with Gasteiger partial charge < -0.3 is 10.1 Å². The summed E-state index contributed by atoms with van der Waals surface area (Å²) in [6.07, 6.45) is 7.30. The van der Waals surface area contributed by atoms with Crippen molar-refractivity contribution in [2.75, 3.05) is 13.7 Å². The topological polar surface area (TPSA) is 52.0 Å². The number of aryl methyl sites for hydroxylation is 1. The number of methoxy groups -OCH3 is 1. The van der Waals surface area contributed by atoms with Crippen LogP contribution in [0, 0.1) is 0 Å². The first kappa shape index (κ1) is 14.5. The molecule has 0 radical (unpaired) electrons. The van der Waals surface area contributed by atoms with Gasteiger partial charge in [-0.2, -0.15) is 5.10 Å². The zero-order valence-corrected chi connectivity index (χ0v) is 12.4. The van der Waals surface area contributed by atoms with Gasteiger partial charge in [0, 0.05) is 26.1 Å². The first-order chi connectivity index (χ1) is 9.23. The second kappa shape index (κ2) is 6.48. The maximum atomic E-state index is 5.74. The van der Waals surface area contributed by atoms with Gasteiger partial charge in [-0.3, -0.25) is 4.68 Å². The summed E-state index contributed by atoms with van der Waals surface area (Å²) in [5.74, 6) is 1.07. The molecule has 1 aromatic heterocycles. The smallest absolute Gasteiger partial charge is 0.138 e. The van der Waals surface area contributed by atoms with Gasteiger partial charge in [0.2, 0.25) is 0 Å². The Bertz CT molecular complexity index is 381. The van der Waals surface area contributed by atoms with E-state index in [9.17, 15) is 0 Å². The molecule has 108 valence electrons. The molecule has 1 aromatic rings. The Morgan fingerprint density at radius 1 is 1.47 bits per heavy atom. The van der Waals surface area contributed by atoms with Crippen LogP contribution in [0.25, 0.3) is 0 Å². The van der Waals surface area contributed by atoms with Gasteiger partial charge in [-0.15, -0.1) is 0 Å². The van der Waals surface area contributed by atoms with E-state index < -0.39 is 0 Å². The maximum absolute atomic E-state index is 5.74. The summed E-state index contributed by atoms with van der Waals surface area (Å²) in [4.78, 5) is 4.38. The van der Waals surface area contributed by atoms with Crippen molar-refractivity contribution < 1.29 is 4.74 Å². The molecular weight excluding hydrogens is 240 g/mol. The molecule has 0 aromatic carbocycles. The third-order valence-corrected chi connectivity index (χ3v) is 4.23. The second-order valence-electron chi connectivity index (χ2n) is 5.40. The van der Waals surface area contributed by atoms with Gasteiger partial charge in [-0.25, -0.2) is 4.98 Å². The van der Waals surface area contributed by atoms with Crippen LogP contribution in [0.4, 0.5) is 0 Å². The van der Waals surface area contributed by atoms with Crippen LogP contribution in [-0.2, 0) is 17.7 Å². The number of aromatic nitrogens is 3. The summed E-state index contributed by atoms with van der Waals surface area (Å²) in [5.41, 5.74) is 0.101. The highest BCUT2D eigenvalue weighted by Crippen LogP contribution is 2.39. The monoisotopic (exact) mass is 266 g/mol. The molecule has 0 spiro atoms. The van der Waals surface area contributed by atoms with E-state index in [1.165, 1.54) is 19.3 Å². The molecule has 1 fully saturated rings. The van der Waals surface area contributed by atoms with Crippen molar-refractivity contribution in [2.24, 2.45) is 0 Å². The summed E-state index contributed by atoms with van der Waals surface area (Å²) >= 11 is 0. The van der Waals surface area contributed by atoms with Crippen molar-refractivity contribution in [1.82, 2.24) is 20.1 Å². The summed E-state index contributed by atoms with van der Waals surface area (Å²) in [6.45, 7) is 6.11. The third kappa shape index (κ3) is 3.34. The minimum Gasteiger partial charge on any atom is -0.378 e. The molecule has 0 saturated heterocycles. The fourth-order valence-electron chi connectivity index (χ4n) is 2.95. The van der Waals surface area contributed by atoms with Crippen molar-refractivity contribution in [1.29, 1.82) is 0 Å². The number of hydrogen-bond acceptors (Lipinski definition) is 4. The van der Waals surface area contributed by atoms with Gasteiger partial charge in [-0.1, -0.05) is 6.92 Å². The predicted molar refractivity (Wildman–Crippen MR) is 75.1 cm³/mol. The molecule has 5 heteroatoms. The fourth-order valence-corrected chi connectivity index (χ4v) is 2.95. The fraction of sp³-hybridized carbons (Fsp3) is 0.857. The standard InChI is InChI=1S/C14H26N4O/c1-4-15-12(10-14(19-3)7-6-8-14)9-13-16-11-17-18(13)5-2/h11-12,15H,4-10H2,1-3H3. The quantitative estimate of drug-likeness (QED) is 0.779. The Morgan fingerprint density at radius 2 is 2.26 bits per heavy atom. The predicted octanol–water partition coefficient (Wildman–Crippen LogP) is 1.78. The van der Waals surface area contributed by atoms with Gasteiger partial charge in [0.05, 0.1) is 5.60 Å². The number of rotatable bonds is 8. The first-order valence-corrected chi connectivity index (χ1v) is 7.38. The summed E-state index contributed by atoms with van der Waals surface area (Å²) < 4.78 is 7.72. The number of likely N-dealkylation sites (N-methyl/N-ethyl adjacent to an activating group) is 1. The molecule has 0 amide bonds. The highest BCUT2D eigenvalue weighted by atomic mass is 16.5. The Kier molecular flexibility index (Phi) is 4.93. The highest BCUT2D eigenvalue weighted by Gasteiger charge is 2.39. The second-order valence-corrected chi connectivity index (χ2v) is 5.40. The molecule has 1 N–H and O–H groups in total. The minimum absolute atomic E-state index is 0.101. The molecule has 1 aliphatic carbocycles. The zero-order chi connectivity index (χ0) is 13.7. The van der Waals surface area contributed by atoms with Crippen LogP contribution in [0.1, 0.15) is 45.4 Å². The molecule has 1 atom stereocenters. The van der Waals surface area contributed by atoms with Crippen molar-refractivity contribution in [3.8, 4) is 0 Å². The highest BCUT2D eigenvalue weighted by molar-refractivity contribution is 4.97. The molecule has 1 saturated carbocycles. The Hall–Kier alpha value is -0.940. The van der Waals surface area contributed by atoms with Crippen molar-refractivity contribution in [2.45, 2.75) is 64.1 Å². The van der Waals surface area contributed by atoms with Crippen LogP contribution in [-0.4, -0.2) is 40.1 Å². The number of nitrogens with one attached hydrogen (secondary N) is 1. The van der Waals surface area contributed by atoms with Crippen molar-refractivity contribution in [3.63, 3.8) is 0 Å². The van der Waals surface area contributed by atoms with E-state index in [0.29, 0.717) is 6.04 Å². The lowest BCUT2D eigenvalue weighted by atomic mass is 9.75. The molecule has 5 nitrogen and oxygen atoms in total. The summed E-state index contributed by atoms with van der Waals surface area (Å²) in [7, 11) is 1.84. The van der Waals surface area contributed by atoms with E-state index in [-0.39, 0.29) is 5.60 Å². The SMILES string of the molecule is CCNC(Cc1ncnn1CC)CC1(OC)CCC1. The largest absolute Gasteiger partial charge is 0.378 e. The van der Waals surface area contributed by atoms with E-state index in [1.54, 1.807) is 6.33 Å². The molecule has 0 bridgehead atoms. The van der Waals surface area contributed by atoms with E-state index in [0.717, 1.165) is 31.8 Å². The Balaban J connectivity index is 1.99. The van der Waals surface area contributed by atoms with Crippen LogP contribution in [0.15, 0.2) is 6.33 Å². The van der Waals surface area contributed by atoms with Crippen LogP contribution >= 0.6 is 0 Å². The molecule has 1 unspecified atom stereocenters. The average Bonchev–Trinajstić information content (AvgIpc) is 2.81. The van der Waals surface area contributed by atoms with Gasteiger partial charge >= 0.3 is 0 Å². The van der Waals surface area contributed by atoms with Crippen LogP contribution in [0.2, 0.25) is 0 Å². The molecule has 1 aliphatic rings. The van der Waals surface area contributed by atoms with E-state index >= 15 is 0 Å². The summed E-state index contributed by atoms with van der Waals surface area (Å²) in [5, 5.41) is 7.81. The normalized spacial score (nSPS) is 19.1. The molecule has 19 heavy (non-hydrogen) atoms. The van der Waals surface area contributed by atoms with Gasteiger partial charge in [0.25, 0.3) is 0 Å². The van der Waals surface area contributed by atoms with Gasteiger partial charge in [0.15, 0.2) is 0 Å². The lowest BCUT2D eigenvalue weighted by Crippen LogP contribution is -2.46. The molecule has 1 heterocycles. The van der Waals surface area contributed by atoms with E-state index in [4.69, 9.17) is 4.74 Å². The van der Waals surface area contributed by atoms with Gasteiger partial charge in [0.1, 0.15) is 12.2 Å². The zero-order valence-electron chi connectivity index (χ0n) is 12.4. The number of ether oxygens (including phenoxy) is 1. The van der Waals surface area contributed by atoms with Crippen LogP contribution in [0.5, 0.6) is 0 Å². The number of hydrogen-bond donors (Lipinski definition) is 1. The minimum atomic E-state index is 0.101. The molecular formula is C14H26N4O. The van der Waals surface area contributed by atoms with Crippen molar-refractivity contribution in [3.05, 3.63) is 12.2 Å². The van der Waals surface area contributed by atoms with E-state index in [2.05, 4.69) is 29.2 Å². The van der Waals surface area contributed by atoms with E-state index in [1.807, 2.05) is 11.8 Å². The number of nitrogens with zero attached hydrogens (tertiary/aromatic N) is 3. The molecule has 0 aliphatic heterocycles. The van der Waals surface area contributed by atoms with Crippen LogP contribution in [0.3, 0.4) is 0 Å². The van der Waals surface area contributed by atoms with Crippen LogP contribution < -0.4 is 5.32 Å². The average molecular weight is 266 g/mol. The summed E-state index contributed by atoms with van der Waals surface area (Å²) in [6, 6.07) is 0.416. The lowest BCUT2D eigenvalue weighted by Gasteiger charge is -2.43. The molecule has 2 rings (SSSR count).